The number of rotatable bonds is 5. The van der Waals surface area contributed by atoms with Crippen LogP contribution in [0.1, 0.15) is 35.7 Å². The summed E-state index contributed by atoms with van der Waals surface area (Å²) in [7, 11) is 1.43. The quantitative estimate of drug-likeness (QED) is 0.310. The maximum absolute atomic E-state index is 12.9. The lowest BCUT2D eigenvalue weighted by molar-refractivity contribution is 0.102. The molecule has 1 N–H and O–H groups in total. The van der Waals surface area contributed by atoms with Crippen LogP contribution in [0.15, 0.2) is 52.9 Å². The van der Waals surface area contributed by atoms with Gasteiger partial charge < -0.3 is 14.5 Å². The van der Waals surface area contributed by atoms with Gasteiger partial charge in [-0.15, -0.1) is 0 Å². The van der Waals surface area contributed by atoms with Crippen molar-refractivity contribution in [3.63, 3.8) is 0 Å². The van der Waals surface area contributed by atoms with Crippen molar-refractivity contribution in [1.29, 1.82) is 0 Å². The van der Waals surface area contributed by atoms with Gasteiger partial charge in [-0.1, -0.05) is 54.7 Å². The van der Waals surface area contributed by atoms with Gasteiger partial charge in [0, 0.05) is 10.7 Å². The first-order chi connectivity index (χ1) is 15.3. The molecule has 0 aliphatic heterocycles. The van der Waals surface area contributed by atoms with Crippen LogP contribution in [0.5, 0.6) is 5.75 Å². The summed E-state index contributed by atoms with van der Waals surface area (Å²) in [6.07, 6.45) is 0. The third-order valence-corrected chi connectivity index (χ3v) is 5.82. The van der Waals surface area contributed by atoms with Crippen LogP contribution in [-0.2, 0) is 0 Å². The number of ether oxygens (including phenoxy) is 1. The van der Waals surface area contributed by atoms with E-state index in [1.54, 1.807) is 18.2 Å². The number of amides is 1. The number of hydrogen-bond donors (Lipinski definition) is 1. The Labute approximate surface area is 200 Å². The maximum Gasteiger partial charge on any atom is 0.259 e. The summed E-state index contributed by atoms with van der Waals surface area (Å²) >= 11 is 18.6. The third-order valence-electron chi connectivity index (χ3n) is 4.99. The summed E-state index contributed by atoms with van der Waals surface area (Å²) in [6, 6.07) is 14.0. The highest BCUT2D eigenvalue weighted by Crippen LogP contribution is 2.35. The van der Waals surface area contributed by atoms with Crippen LogP contribution >= 0.6 is 34.8 Å². The van der Waals surface area contributed by atoms with E-state index < -0.39 is 5.91 Å². The lowest BCUT2D eigenvalue weighted by Crippen LogP contribution is -2.13. The Balaban J connectivity index is 1.68. The smallest absolute Gasteiger partial charge is 0.259 e. The minimum atomic E-state index is -0.432. The van der Waals surface area contributed by atoms with E-state index in [9.17, 15) is 4.79 Å². The van der Waals surface area contributed by atoms with Gasteiger partial charge in [0.25, 0.3) is 5.91 Å². The molecule has 0 spiro atoms. The second-order valence-electron chi connectivity index (χ2n) is 7.52. The summed E-state index contributed by atoms with van der Waals surface area (Å²) in [6.45, 7) is 4.24. The van der Waals surface area contributed by atoms with Gasteiger partial charge in [-0.25, -0.2) is 4.98 Å². The van der Waals surface area contributed by atoms with Crippen molar-refractivity contribution < 1.29 is 13.9 Å². The van der Waals surface area contributed by atoms with Crippen molar-refractivity contribution in [2.75, 3.05) is 12.4 Å². The number of nitrogens with zero attached hydrogens (tertiary/aromatic N) is 1. The lowest BCUT2D eigenvalue weighted by atomic mass is 10.0. The first-order valence-electron chi connectivity index (χ1n) is 9.81. The molecule has 32 heavy (non-hydrogen) atoms. The van der Waals surface area contributed by atoms with Gasteiger partial charge in [-0.3, -0.25) is 4.79 Å². The normalized spacial score (nSPS) is 11.2. The number of methoxy groups -OCH3 is 1. The minimum Gasteiger partial charge on any atom is -0.494 e. The molecule has 0 saturated carbocycles. The van der Waals surface area contributed by atoms with Crippen LogP contribution in [0.4, 0.5) is 5.69 Å². The second kappa shape index (κ2) is 9.02. The van der Waals surface area contributed by atoms with E-state index in [0.29, 0.717) is 38.7 Å². The Morgan fingerprint density at radius 3 is 2.53 bits per heavy atom. The fourth-order valence-corrected chi connectivity index (χ4v) is 4.09. The van der Waals surface area contributed by atoms with E-state index in [1.165, 1.54) is 24.8 Å². The fraction of sp³-hybridized carbons (Fsp3) is 0.167. The molecule has 0 saturated heterocycles. The van der Waals surface area contributed by atoms with Gasteiger partial charge in [0.05, 0.1) is 28.3 Å². The molecular formula is C24H19Cl3N2O3. The van der Waals surface area contributed by atoms with Crippen LogP contribution in [0.25, 0.3) is 22.6 Å². The van der Waals surface area contributed by atoms with Gasteiger partial charge in [-0.05, 0) is 53.9 Å². The van der Waals surface area contributed by atoms with E-state index in [4.69, 9.17) is 44.0 Å². The van der Waals surface area contributed by atoms with Crippen molar-refractivity contribution in [2.45, 2.75) is 19.8 Å². The van der Waals surface area contributed by atoms with Crippen LogP contribution < -0.4 is 10.1 Å². The van der Waals surface area contributed by atoms with Gasteiger partial charge in [0.1, 0.15) is 11.3 Å². The zero-order valence-electron chi connectivity index (χ0n) is 17.5. The van der Waals surface area contributed by atoms with Crippen LogP contribution in [0, 0.1) is 0 Å². The van der Waals surface area contributed by atoms with Crippen molar-refractivity contribution in [3.05, 3.63) is 74.7 Å². The fourth-order valence-electron chi connectivity index (χ4n) is 3.32. The average Bonchev–Trinajstić information content (AvgIpc) is 3.17. The number of oxazole rings is 1. The zero-order valence-corrected chi connectivity index (χ0v) is 19.8. The highest BCUT2D eigenvalue weighted by Gasteiger charge is 2.19. The van der Waals surface area contributed by atoms with E-state index in [1.807, 2.05) is 18.2 Å². The van der Waals surface area contributed by atoms with E-state index in [-0.39, 0.29) is 16.3 Å². The van der Waals surface area contributed by atoms with E-state index in [2.05, 4.69) is 24.1 Å². The van der Waals surface area contributed by atoms with Crippen LogP contribution in [-0.4, -0.2) is 18.0 Å². The number of anilines is 1. The van der Waals surface area contributed by atoms with Crippen LogP contribution in [0.2, 0.25) is 15.1 Å². The number of benzene rings is 3. The van der Waals surface area contributed by atoms with Gasteiger partial charge >= 0.3 is 0 Å². The Kier molecular flexibility index (Phi) is 6.33. The number of carbonyl (C=O) groups is 1. The molecule has 4 rings (SSSR count). The zero-order chi connectivity index (χ0) is 23.0. The Morgan fingerprint density at radius 1 is 1.03 bits per heavy atom. The van der Waals surface area contributed by atoms with Crippen molar-refractivity contribution in [3.8, 4) is 17.2 Å². The van der Waals surface area contributed by atoms with Crippen molar-refractivity contribution >= 4 is 57.5 Å². The summed E-state index contributed by atoms with van der Waals surface area (Å²) in [5.74, 6) is 0.547. The summed E-state index contributed by atoms with van der Waals surface area (Å²) in [5, 5.41) is 3.83. The average molecular weight is 490 g/mol. The van der Waals surface area contributed by atoms with Gasteiger partial charge in [-0.2, -0.15) is 0 Å². The Morgan fingerprint density at radius 2 is 1.81 bits per heavy atom. The Bertz CT molecular complexity index is 1330. The highest BCUT2D eigenvalue weighted by molar-refractivity contribution is 6.36. The number of halogens is 3. The number of nitrogens with one attached hydrogen (secondary N) is 1. The standard InChI is InChI=1S/C24H19Cl3N2O3/c1-12(2)13-4-7-21-20(8-13)29-24(32-21)16-11-15(5-6-18(16)26)28-23(30)17-9-14(25)10-19(27)22(17)31-3/h4-12H,1-3H3,(H,28,30). The number of fused-ring (bicyclic) bond motifs is 1. The Hall–Kier alpha value is -2.73. The number of hydrogen-bond acceptors (Lipinski definition) is 4. The largest absolute Gasteiger partial charge is 0.494 e. The molecular weight excluding hydrogens is 471 g/mol. The molecule has 3 aromatic carbocycles. The summed E-state index contributed by atoms with van der Waals surface area (Å²) < 4.78 is 11.2. The summed E-state index contributed by atoms with van der Waals surface area (Å²) in [4.78, 5) is 17.5. The number of aromatic nitrogens is 1. The molecule has 1 amide bonds. The first-order valence-corrected chi connectivity index (χ1v) is 10.9. The monoisotopic (exact) mass is 488 g/mol. The molecule has 0 bridgehead atoms. The van der Waals surface area contributed by atoms with Gasteiger partial charge in [0.2, 0.25) is 5.89 Å². The van der Waals surface area contributed by atoms with Crippen molar-refractivity contribution in [1.82, 2.24) is 4.98 Å². The first kappa shape index (κ1) is 22.5. The molecule has 0 unspecified atom stereocenters. The number of carbonyl (C=O) groups excluding carboxylic acids is 1. The molecule has 0 aliphatic carbocycles. The van der Waals surface area contributed by atoms with E-state index >= 15 is 0 Å². The van der Waals surface area contributed by atoms with E-state index in [0.717, 1.165) is 5.52 Å². The molecule has 0 aliphatic rings. The molecule has 164 valence electrons. The van der Waals surface area contributed by atoms with Gasteiger partial charge in [0.15, 0.2) is 5.58 Å². The SMILES string of the molecule is COc1c(Cl)cc(Cl)cc1C(=O)Nc1ccc(Cl)c(-c2nc3cc(C(C)C)ccc3o2)c1. The maximum atomic E-state index is 12.9. The molecule has 1 aromatic heterocycles. The van der Waals surface area contributed by atoms with Crippen molar-refractivity contribution in [2.24, 2.45) is 0 Å². The molecule has 8 heteroatoms. The second-order valence-corrected chi connectivity index (χ2v) is 8.77. The predicted octanol–water partition coefficient (Wildman–Crippen LogP) is 7.84. The molecule has 5 nitrogen and oxygen atoms in total. The predicted molar refractivity (Wildman–Crippen MR) is 130 cm³/mol. The topological polar surface area (TPSA) is 64.4 Å². The molecule has 0 fully saturated rings. The summed E-state index contributed by atoms with van der Waals surface area (Å²) in [5.41, 5.74) is 3.84. The highest BCUT2D eigenvalue weighted by atomic mass is 35.5. The molecule has 0 radical (unpaired) electrons. The minimum absolute atomic E-state index is 0.213. The molecule has 0 atom stereocenters. The van der Waals surface area contributed by atoms with Crippen LogP contribution in [0.3, 0.4) is 0 Å². The molecule has 1 heterocycles. The molecule has 4 aromatic rings. The third kappa shape index (κ3) is 4.42. The lowest BCUT2D eigenvalue weighted by Gasteiger charge is -2.12.